The van der Waals surface area contributed by atoms with Crippen LogP contribution >= 0.6 is 0 Å². The third kappa shape index (κ3) is 2.80. The number of aromatic nitrogens is 3. The van der Waals surface area contributed by atoms with Crippen LogP contribution in [0, 0.1) is 5.41 Å². The number of nitrogens with zero attached hydrogens (tertiary/aromatic N) is 3. The van der Waals surface area contributed by atoms with Crippen LogP contribution in [0.4, 0.5) is 5.95 Å². The Morgan fingerprint density at radius 2 is 2.05 bits per heavy atom. The van der Waals surface area contributed by atoms with E-state index in [-0.39, 0.29) is 6.04 Å². The Morgan fingerprint density at radius 1 is 1.24 bits per heavy atom. The quantitative estimate of drug-likeness (QED) is 0.879. The summed E-state index contributed by atoms with van der Waals surface area (Å²) < 4.78 is 0. The molecule has 2 fully saturated rings. The van der Waals surface area contributed by atoms with Crippen LogP contribution in [0.15, 0.2) is 0 Å². The first kappa shape index (κ1) is 14.8. The summed E-state index contributed by atoms with van der Waals surface area (Å²) in [5, 5.41) is 7.72. The Bertz CT molecular complexity index is 481. The van der Waals surface area contributed by atoms with Gasteiger partial charge < -0.3 is 10.6 Å². The van der Waals surface area contributed by atoms with Crippen LogP contribution in [0.25, 0.3) is 0 Å². The van der Waals surface area contributed by atoms with Crippen molar-refractivity contribution >= 4 is 5.95 Å². The molecule has 1 aliphatic carbocycles. The number of aromatic amines is 1. The molecule has 0 amide bonds. The SMILES string of the molecule is CC1C(N)CCCN1c1n[nH]c(C2CCCCC2(C)C)n1. The summed E-state index contributed by atoms with van der Waals surface area (Å²) in [4.78, 5) is 7.11. The zero-order chi connectivity index (χ0) is 15.0. The molecule has 1 aliphatic heterocycles. The van der Waals surface area contributed by atoms with E-state index in [1.54, 1.807) is 0 Å². The predicted octanol–water partition coefficient (Wildman–Crippen LogP) is 2.80. The molecule has 3 rings (SSSR count). The van der Waals surface area contributed by atoms with E-state index in [2.05, 4.69) is 35.9 Å². The van der Waals surface area contributed by atoms with Crippen LogP contribution in [-0.2, 0) is 0 Å². The van der Waals surface area contributed by atoms with Gasteiger partial charge in [-0.05, 0) is 38.0 Å². The highest BCUT2D eigenvalue weighted by molar-refractivity contribution is 5.33. The summed E-state index contributed by atoms with van der Waals surface area (Å²) in [6.45, 7) is 7.92. The largest absolute Gasteiger partial charge is 0.335 e. The fourth-order valence-electron chi connectivity index (χ4n) is 4.01. The van der Waals surface area contributed by atoms with Gasteiger partial charge in [0.1, 0.15) is 5.82 Å². The minimum absolute atomic E-state index is 0.229. The van der Waals surface area contributed by atoms with E-state index in [1.165, 1.54) is 25.7 Å². The third-order valence-corrected chi connectivity index (χ3v) is 5.63. The Balaban J connectivity index is 1.79. The molecule has 5 nitrogen and oxygen atoms in total. The van der Waals surface area contributed by atoms with Gasteiger partial charge in [0.15, 0.2) is 0 Å². The van der Waals surface area contributed by atoms with E-state index < -0.39 is 0 Å². The van der Waals surface area contributed by atoms with Crippen molar-refractivity contribution in [1.29, 1.82) is 0 Å². The van der Waals surface area contributed by atoms with E-state index in [0.717, 1.165) is 31.2 Å². The lowest BCUT2D eigenvalue weighted by Gasteiger charge is -2.38. The molecule has 2 heterocycles. The number of hydrogen-bond acceptors (Lipinski definition) is 4. The molecule has 0 spiro atoms. The van der Waals surface area contributed by atoms with Crippen LogP contribution in [0.2, 0.25) is 0 Å². The zero-order valence-corrected chi connectivity index (χ0v) is 13.6. The lowest BCUT2D eigenvalue weighted by atomic mass is 9.68. The minimum atomic E-state index is 0.229. The van der Waals surface area contributed by atoms with E-state index in [0.29, 0.717) is 17.4 Å². The highest BCUT2D eigenvalue weighted by Crippen LogP contribution is 2.45. The molecule has 2 aliphatic rings. The van der Waals surface area contributed by atoms with E-state index in [1.807, 2.05) is 0 Å². The molecule has 0 aromatic carbocycles. The first-order valence-electron chi connectivity index (χ1n) is 8.43. The summed E-state index contributed by atoms with van der Waals surface area (Å²) in [5.74, 6) is 2.41. The van der Waals surface area contributed by atoms with Crippen molar-refractivity contribution in [2.75, 3.05) is 11.4 Å². The summed E-state index contributed by atoms with van der Waals surface area (Å²) in [6, 6.07) is 0.550. The molecule has 3 N–H and O–H groups in total. The highest BCUT2D eigenvalue weighted by Gasteiger charge is 2.36. The van der Waals surface area contributed by atoms with Crippen molar-refractivity contribution in [2.24, 2.45) is 11.1 Å². The van der Waals surface area contributed by atoms with Gasteiger partial charge in [0, 0.05) is 24.5 Å². The maximum Gasteiger partial charge on any atom is 0.245 e. The second-order valence-electron chi connectivity index (χ2n) is 7.55. The molecule has 118 valence electrons. The fourth-order valence-corrected chi connectivity index (χ4v) is 4.01. The van der Waals surface area contributed by atoms with Crippen LogP contribution < -0.4 is 10.6 Å². The van der Waals surface area contributed by atoms with Crippen LogP contribution in [-0.4, -0.2) is 33.8 Å². The third-order valence-electron chi connectivity index (χ3n) is 5.63. The lowest BCUT2D eigenvalue weighted by molar-refractivity contribution is 0.192. The van der Waals surface area contributed by atoms with Crippen molar-refractivity contribution in [3.63, 3.8) is 0 Å². The topological polar surface area (TPSA) is 70.8 Å². The summed E-state index contributed by atoms with van der Waals surface area (Å²) in [5.41, 5.74) is 6.51. The average molecular weight is 291 g/mol. The van der Waals surface area contributed by atoms with Crippen molar-refractivity contribution in [3.05, 3.63) is 5.82 Å². The highest BCUT2D eigenvalue weighted by atomic mass is 15.4. The zero-order valence-electron chi connectivity index (χ0n) is 13.6. The van der Waals surface area contributed by atoms with Gasteiger partial charge in [-0.2, -0.15) is 4.98 Å². The number of nitrogens with one attached hydrogen (secondary N) is 1. The van der Waals surface area contributed by atoms with Crippen molar-refractivity contribution < 1.29 is 0 Å². The maximum absolute atomic E-state index is 6.19. The Hall–Kier alpha value is -1.10. The molecular weight excluding hydrogens is 262 g/mol. The normalized spacial score (nSPS) is 33.1. The number of rotatable bonds is 2. The molecule has 5 heteroatoms. The summed E-state index contributed by atoms with van der Waals surface area (Å²) in [7, 11) is 0. The Morgan fingerprint density at radius 3 is 2.81 bits per heavy atom. The average Bonchev–Trinajstić information content (AvgIpc) is 2.90. The second kappa shape index (κ2) is 5.59. The number of nitrogens with two attached hydrogens (primary N) is 1. The molecule has 3 unspecified atom stereocenters. The van der Waals surface area contributed by atoms with Crippen LogP contribution in [0.5, 0.6) is 0 Å². The van der Waals surface area contributed by atoms with Crippen molar-refractivity contribution in [2.45, 2.75) is 77.3 Å². The maximum atomic E-state index is 6.19. The Kier molecular flexibility index (Phi) is 3.95. The Labute approximate surface area is 127 Å². The minimum Gasteiger partial charge on any atom is -0.335 e. The number of hydrogen-bond donors (Lipinski definition) is 2. The molecular formula is C16H29N5. The second-order valence-corrected chi connectivity index (χ2v) is 7.55. The predicted molar refractivity (Wildman–Crippen MR) is 85.4 cm³/mol. The van der Waals surface area contributed by atoms with Gasteiger partial charge in [0.2, 0.25) is 5.95 Å². The molecule has 1 aromatic heterocycles. The van der Waals surface area contributed by atoms with E-state index in [9.17, 15) is 0 Å². The van der Waals surface area contributed by atoms with Gasteiger partial charge in [-0.3, -0.25) is 5.10 Å². The van der Waals surface area contributed by atoms with Crippen LogP contribution in [0.1, 0.15) is 71.0 Å². The monoisotopic (exact) mass is 291 g/mol. The molecule has 3 atom stereocenters. The number of anilines is 1. The molecule has 1 saturated carbocycles. The number of H-pyrrole nitrogens is 1. The molecule has 1 aromatic rings. The molecule has 21 heavy (non-hydrogen) atoms. The van der Waals surface area contributed by atoms with Gasteiger partial charge in [-0.25, -0.2) is 0 Å². The molecule has 0 radical (unpaired) electrons. The molecule has 0 bridgehead atoms. The smallest absolute Gasteiger partial charge is 0.245 e. The van der Waals surface area contributed by atoms with Gasteiger partial charge in [0.05, 0.1) is 0 Å². The van der Waals surface area contributed by atoms with Crippen molar-refractivity contribution in [1.82, 2.24) is 15.2 Å². The van der Waals surface area contributed by atoms with E-state index in [4.69, 9.17) is 10.7 Å². The van der Waals surface area contributed by atoms with Gasteiger partial charge in [-0.15, -0.1) is 5.10 Å². The lowest BCUT2D eigenvalue weighted by Crippen LogP contribution is -2.51. The van der Waals surface area contributed by atoms with Gasteiger partial charge in [0.25, 0.3) is 0 Å². The summed E-state index contributed by atoms with van der Waals surface area (Å²) >= 11 is 0. The van der Waals surface area contributed by atoms with E-state index >= 15 is 0 Å². The van der Waals surface area contributed by atoms with Crippen LogP contribution in [0.3, 0.4) is 0 Å². The van der Waals surface area contributed by atoms with Gasteiger partial charge in [-0.1, -0.05) is 26.7 Å². The fraction of sp³-hybridized carbons (Fsp3) is 0.875. The summed E-state index contributed by atoms with van der Waals surface area (Å²) in [6.07, 6.45) is 7.36. The molecule has 1 saturated heterocycles. The standard InChI is InChI=1S/C16H29N5/c1-11-13(17)8-6-10-21(11)15-18-14(19-20-15)12-7-4-5-9-16(12,2)3/h11-13H,4-10,17H2,1-3H3,(H,18,19,20). The first-order chi connectivity index (χ1) is 9.99. The number of piperidine rings is 1. The van der Waals surface area contributed by atoms with Gasteiger partial charge >= 0.3 is 0 Å². The first-order valence-corrected chi connectivity index (χ1v) is 8.43. The van der Waals surface area contributed by atoms with Crippen molar-refractivity contribution in [3.8, 4) is 0 Å².